The molecule has 116 valence electrons. The molecule has 0 spiro atoms. The molecule has 9 N–H and O–H groups in total. The van der Waals surface area contributed by atoms with E-state index in [4.69, 9.17) is 21.7 Å². The molecule has 0 saturated carbocycles. The van der Waals surface area contributed by atoms with Gasteiger partial charge in [0.1, 0.15) is 6.04 Å². The molecule has 0 aliphatic carbocycles. The zero-order valence-corrected chi connectivity index (χ0v) is 11.0. The first-order chi connectivity index (χ1) is 9.11. The SMILES string of the molecule is C[C@H](N)C(=O)N[C@@H](CCC(N)=O)C(=O)O.NCC(=O)O. The van der Waals surface area contributed by atoms with Crippen molar-refractivity contribution in [3.05, 3.63) is 0 Å². The van der Waals surface area contributed by atoms with Gasteiger partial charge in [0.25, 0.3) is 0 Å². The van der Waals surface area contributed by atoms with Gasteiger partial charge in [0.05, 0.1) is 12.6 Å². The van der Waals surface area contributed by atoms with Gasteiger partial charge in [-0.3, -0.25) is 14.4 Å². The molecule has 0 saturated heterocycles. The Hall–Kier alpha value is -2.20. The second-order valence-corrected chi connectivity index (χ2v) is 3.79. The van der Waals surface area contributed by atoms with E-state index < -0.39 is 35.8 Å². The Bertz CT molecular complexity index is 358. The van der Waals surface area contributed by atoms with Crippen LogP contribution in [0.4, 0.5) is 0 Å². The summed E-state index contributed by atoms with van der Waals surface area (Å²) in [4.78, 5) is 41.4. The molecule has 10 nitrogen and oxygen atoms in total. The second-order valence-electron chi connectivity index (χ2n) is 3.79. The standard InChI is InChI=1S/C8H15N3O4.C2H5NO2/c1-4(9)7(13)11-5(8(14)15)2-3-6(10)12;3-1-2(4)5/h4-5H,2-3,9H2,1H3,(H2,10,12)(H,11,13)(H,14,15);1,3H2,(H,4,5)/t4-,5-;/m0./s1. The van der Waals surface area contributed by atoms with Crippen molar-refractivity contribution in [1.82, 2.24) is 5.32 Å². The van der Waals surface area contributed by atoms with Crippen molar-refractivity contribution in [2.75, 3.05) is 6.54 Å². The first kappa shape index (κ1) is 20.1. The summed E-state index contributed by atoms with van der Waals surface area (Å²) < 4.78 is 0. The molecule has 0 aliphatic heterocycles. The van der Waals surface area contributed by atoms with Crippen LogP contribution in [-0.2, 0) is 19.2 Å². The van der Waals surface area contributed by atoms with Gasteiger partial charge in [0.15, 0.2) is 0 Å². The summed E-state index contributed by atoms with van der Waals surface area (Å²) in [5.74, 6) is -3.38. The molecule has 0 fully saturated rings. The second kappa shape index (κ2) is 10.7. The fourth-order valence-electron chi connectivity index (χ4n) is 0.847. The fourth-order valence-corrected chi connectivity index (χ4v) is 0.847. The molecule has 0 aliphatic rings. The van der Waals surface area contributed by atoms with E-state index in [-0.39, 0.29) is 19.4 Å². The Morgan fingerprint density at radius 1 is 1.20 bits per heavy atom. The lowest BCUT2D eigenvalue weighted by atomic mass is 10.1. The van der Waals surface area contributed by atoms with Gasteiger partial charge in [0.2, 0.25) is 11.8 Å². The smallest absolute Gasteiger partial charge is 0.326 e. The van der Waals surface area contributed by atoms with E-state index >= 15 is 0 Å². The highest BCUT2D eigenvalue weighted by molar-refractivity contribution is 5.86. The van der Waals surface area contributed by atoms with Crippen molar-refractivity contribution in [2.24, 2.45) is 17.2 Å². The summed E-state index contributed by atoms with van der Waals surface area (Å²) in [6.45, 7) is 1.16. The maximum Gasteiger partial charge on any atom is 0.326 e. The van der Waals surface area contributed by atoms with Crippen LogP contribution in [0.3, 0.4) is 0 Å². The first-order valence-electron chi connectivity index (χ1n) is 5.60. The molecule has 0 aromatic rings. The number of aliphatic carboxylic acids is 2. The number of carbonyl (C=O) groups excluding carboxylic acids is 2. The number of nitrogens with two attached hydrogens (primary N) is 3. The number of hydrogen-bond acceptors (Lipinski definition) is 6. The lowest BCUT2D eigenvalue weighted by molar-refractivity contribution is -0.142. The normalized spacial score (nSPS) is 12.3. The Balaban J connectivity index is 0. The molecule has 0 aromatic carbocycles. The summed E-state index contributed by atoms with van der Waals surface area (Å²) in [5.41, 5.74) is 14.7. The van der Waals surface area contributed by atoms with Gasteiger partial charge >= 0.3 is 11.9 Å². The number of hydrogen-bond donors (Lipinski definition) is 6. The number of carboxylic acid groups (broad SMARTS) is 2. The number of carbonyl (C=O) groups is 4. The summed E-state index contributed by atoms with van der Waals surface area (Å²) in [7, 11) is 0. The quantitative estimate of drug-likeness (QED) is 0.289. The maximum absolute atomic E-state index is 11.1. The first-order valence-corrected chi connectivity index (χ1v) is 5.60. The van der Waals surface area contributed by atoms with Crippen LogP contribution in [0.5, 0.6) is 0 Å². The van der Waals surface area contributed by atoms with Crippen LogP contribution in [0.2, 0.25) is 0 Å². The average Bonchev–Trinajstić information content (AvgIpc) is 2.33. The van der Waals surface area contributed by atoms with Crippen LogP contribution in [0, 0.1) is 0 Å². The number of amides is 2. The third-order valence-electron chi connectivity index (χ3n) is 1.88. The van der Waals surface area contributed by atoms with Gasteiger partial charge in [-0.05, 0) is 13.3 Å². The number of primary amides is 1. The molecule has 0 radical (unpaired) electrons. The van der Waals surface area contributed by atoms with Gasteiger partial charge in [0, 0.05) is 6.42 Å². The molecule has 0 heterocycles. The van der Waals surface area contributed by atoms with Crippen molar-refractivity contribution in [1.29, 1.82) is 0 Å². The minimum Gasteiger partial charge on any atom is -0.480 e. The zero-order chi connectivity index (χ0) is 16.3. The maximum atomic E-state index is 11.1. The molecule has 2 atom stereocenters. The van der Waals surface area contributed by atoms with Crippen LogP contribution in [0.25, 0.3) is 0 Å². The van der Waals surface area contributed by atoms with Gasteiger partial charge in [-0.25, -0.2) is 4.79 Å². The van der Waals surface area contributed by atoms with Crippen molar-refractivity contribution < 1.29 is 29.4 Å². The van der Waals surface area contributed by atoms with E-state index in [2.05, 4.69) is 11.1 Å². The van der Waals surface area contributed by atoms with Crippen molar-refractivity contribution >= 4 is 23.8 Å². The van der Waals surface area contributed by atoms with Gasteiger partial charge in [-0.1, -0.05) is 0 Å². The van der Waals surface area contributed by atoms with Crippen LogP contribution >= 0.6 is 0 Å². The molecule has 0 unspecified atom stereocenters. The van der Waals surface area contributed by atoms with E-state index in [0.717, 1.165) is 0 Å². The monoisotopic (exact) mass is 292 g/mol. The Morgan fingerprint density at radius 3 is 1.90 bits per heavy atom. The summed E-state index contributed by atoms with van der Waals surface area (Å²) in [6.07, 6.45) is -0.140. The van der Waals surface area contributed by atoms with Crippen LogP contribution in [-0.4, -0.2) is 52.6 Å². The molecule has 0 rings (SSSR count). The molecular formula is C10H20N4O6. The largest absolute Gasteiger partial charge is 0.480 e. The Labute approximate surface area is 115 Å². The fraction of sp³-hybridized carbons (Fsp3) is 0.600. The van der Waals surface area contributed by atoms with Gasteiger partial charge < -0.3 is 32.7 Å². The van der Waals surface area contributed by atoms with Crippen molar-refractivity contribution in [2.45, 2.75) is 31.8 Å². The number of nitrogens with one attached hydrogen (secondary N) is 1. The minimum absolute atomic E-state index is 0.0386. The van der Waals surface area contributed by atoms with E-state index in [9.17, 15) is 19.2 Å². The van der Waals surface area contributed by atoms with E-state index in [0.29, 0.717) is 0 Å². The predicted octanol–water partition coefficient (Wildman–Crippen LogP) is -2.80. The van der Waals surface area contributed by atoms with E-state index in [1.54, 1.807) is 0 Å². The van der Waals surface area contributed by atoms with Gasteiger partial charge in [-0.2, -0.15) is 0 Å². The summed E-state index contributed by atoms with van der Waals surface area (Å²) >= 11 is 0. The highest BCUT2D eigenvalue weighted by atomic mass is 16.4. The number of carboxylic acids is 2. The molecule has 0 bridgehead atoms. The van der Waals surface area contributed by atoms with Crippen LogP contribution in [0.15, 0.2) is 0 Å². The number of rotatable bonds is 7. The third-order valence-corrected chi connectivity index (χ3v) is 1.88. The van der Waals surface area contributed by atoms with Crippen LogP contribution < -0.4 is 22.5 Å². The van der Waals surface area contributed by atoms with E-state index in [1.807, 2.05) is 0 Å². The Kier molecular flexibility index (Phi) is 10.8. The highest BCUT2D eigenvalue weighted by Gasteiger charge is 2.21. The Morgan fingerprint density at radius 2 is 1.65 bits per heavy atom. The van der Waals surface area contributed by atoms with Gasteiger partial charge in [-0.15, -0.1) is 0 Å². The van der Waals surface area contributed by atoms with Crippen LogP contribution in [0.1, 0.15) is 19.8 Å². The highest BCUT2D eigenvalue weighted by Crippen LogP contribution is 1.97. The summed E-state index contributed by atoms with van der Waals surface area (Å²) in [5, 5.41) is 18.5. The van der Waals surface area contributed by atoms with Crippen molar-refractivity contribution in [3.63, 3.8) is 0 Å². The lowest BCUT2D eigenvalue weighted by Crippen LogP contribution is -2.47. The molecule has 2 amide bonds. The molecular weight excluding hydrogens is 272 g/mol. The third kappa shape index (κ3) is 12.3. The van der Waals surface area contributed by atoms with E-state index in [1.165, 1.54) is 6.92 Å². The minimum atomic E-state index is -1.22. The lowest BCUT2D eigenvalue weighted by Gasteiger charge is -2.14. The summed E-state index contributed by atoms with van der Waals surface area (Å²) in [6, 6.07) is -1.92. The average molecular weight is 292 g/mol. The predicted molar refractivity (Wildman–Crippen MR) is 68.3 cm³/mol. The molecule has 10 heteroatoms. The zero-order valence-electron chi connectivity index (χ0n) is 11.0. The molecule has 0 aromatic heterocycles. The molecule has 20 heavy (non-hydrogen) atoms. The topological polar surface area (TPSA) is 199 Å². The van der Waals surface area contributed by atoms with Crippen molar-refractivity contribution in [3.8, 4) is 0 Å².